The van der Waals surface area contributed by atoms with Crippen molar-refractivity contribution in [1.82, 2.24) is 9.21 Å². The summed E-state index contributed by atoms with van der Waals surface area (Å²) in [5, 5.41) is 1.73. The first kappa shape index (κ1) is 18.4. The number of hydrogen-bond donors (Lipinski definition) is 0. The zero-order valence-electron chi connectivity index (χ0n) is 13.9. The molecule has 2 rings (SSSR count). The molecule has 0 saturated heterocycles. The van der Waals surface area contributed by atoms with Gasteiger partial charge in [0.15, 0.2) is 0 Å². The SMILES string of the molecule is CN(C(=O)CN(C)S(=O)(=O)c1cccs1)C1CCCCCCC1. The molecular formula is C16H26N2O3S2. The largest absolute Gasteiger partial charge is 0.342 e. The summed E-state index contributed by atoms with van der Waals surface area (Å²) in [5.74, 6) is -0.127. The molecule has 1 aliphatic carbocycles. The summed E-state index contributed by atoms with van der Waals surface area (Å²) in [6, 6.07) is 3.51. The Morgan fingerprint density at radius 3 is 2.35 bits per heavy atom. The van der Waals surface area contributed by atoms with E-state index in [1.807, 2.05) is 0 Å². The van der Waals surface area contributed by atoms with Gasteiger partial charge in [-0.05, 0) is 24.3 Å². The topological polar surface area (TPSA) is 57.7 Å². The van der Waals surface area contributed by atoms with Gasteiger partial charge in [0.2, 0.25) is 5.91 Å². The number of carbonyl (C=O) groups is 1. The van der Waals surface area contributed by atoms with Crippen LogP contribution in [-0.4, -0.2) is 50.2 Å². The van der Waals surface area contributed by atoms with Gasteiger partial charge in [0.1, 0.15) is 4.21 Å². The summed E-state index contributed by atoms with van der Waals surface area (Å²) >= 11 is 1.17. The Balaban J connectivity index is 1.97. The van der Waals surface area contributed by atoms with Gasteiger partial charge in [0.05, 0.1) is 6.54 Å². The van der Waals surface area contributed by atoms with Crippen LogP contribution in [0.15, 0.2) is 21.7 Å². The van der Waals surface area contributed by atoms with Crippen LogP contribution < -0.4 is 0 Å². The van der Waals surface area contributed by atoms with Crippen LogP contribution >= 0.6 is 11.3 Å². The maximum Gasteiger partial charge on any atom is 0.252 e. The fraction of sp³-hybridized carbons (Fsp3) is 0.688. The van der Waals surface area contributed by atoms with Crippen LogP contribution in [0.3, 0.4) is 0 Å². The Kier molecular flexibility index (Phi) is 6.61. The first-order chi connectivity index (χ1) is 10.9. The molecule has 0 atom stereocenters. The minimum Gasteiger partial charge on any atom is -0.342 e. The average Bonchev–Trinajstić information content (AvgIpc) is 3.01. The molecular weight excluding hydrogens is 332 g/mol. The Labute approximate surface area is 143 Å². The standard InChI is InChI=1S/C16H26N2O3S2/c1-17(23(20,21)16-11-8-12-22-16)13-15(19)18(2)14-9-6-4-3-5-7-10-14/h8,11-12,14H,3-7,9-10,13H2,1-2H3. The van der Waals surface area contributed by atoms with E-state index in [0.717, 1.165) is 30.0 Å². The van der Waals surface area contributed by atoms with Crippen LogP contribution in [0.2, 0.25) is 0 Å². The van der Waals surface area contributed by atoms with E-state index < -0.39 is 10.0 Å². The molecule has 7 heteroatoms. The second-order valence-electron chi connectivity index (χ2n) is 6.20. The molecule has 1 aliphatic rings. The Hall–Kier alpha value is -0.920. The second kappa shape index (κ2) is 8.26. The zero-order chi connectivity index (χ0) is 16.9. The second-order valence-corrected chi connectivity index (χ2v) is 9.42. The van der Waals surface area contributed by atoms with Crippen LogP contribution in [0.25, 0.3) is 0 Å². The first-order valence-corrected chi connectivity index (χ1v) is 10.5. The van der Waals surface area contributed by atoms with Crippen molar-refractivity contribution in [1.29, 1.82) is 0 Å². The Bertz CT molecular complexity index is 591. The van der Waals surface area contributed by atoms with E-state index >= 15 is 0 Å². The maximum absolute atomic E-state index is 12.5. The third-order valence-corrected chi connectivity index (χ3v) is 7.71. The van der Waals surface area contributed by atoms with Crippen LogP contribution in [0, 0.1) is 0 Å². The van der Waals surface area contributed by atoms with Crippen molar-refractivity contribution < 1.29 is 13.2 Å². The first-order valence-electron chi connectivity index (χ1n) is 8.18. The highest BCUT2D eigenvalue weighted by atomic mass is 32.2. The van der Waals surface area contributed by atoms with E-state index in [4.69, 9.17) is 0 Å². The lowest BCUT2D eigenvalue weighted by atomic mass is 9.96. The van der Waals surface area contributed by atoms with Crippen molar-refractivity contribution >= 4 is 27.3 Å². The molecule has 1 fully saturated rings. The highest BCUT2D eigenvalue weighted by Crippen LogP contribution is 2.22. The lowest BCUT2D eigenvalue weighted by Gasteiger charge is -2.31. The molecule has 23 heavy (non-hydrogen) atoms. The fourth-order valence-electron chi connectivity index (χ4n) is 2.98. The molecule has 0 N–H and O–H groups in total. The maximum atomic E-state index is 12.5. The Morgan fingerprint density at radius 1 is 1.17 bits per heavy atom. The van der Waals surface area contributed by atoms with Crippen molar-refractivity contribution in [3.05, 3.63) is 17.5 Å². The van der Waals surface area contributed by atoms with Crippen molar-refractivity contribution in [2.24, 2.45) is 0 Å². The number of sulfonamides is 1. The molecule has 0 bridgehead atoms. The molecule has 130 valence electrons. The van der Waals surface area contributed by atoms with Crippen molar-refractivity contribution in [2.45, 2.75) is 55.2 Å². The van der Waals surface area contributed by atoms with Crippen molar-refractivity contribution in [2.75, 3.05) is 20.6 Å². The van der Waals surface area contributed by atoms with Gasteiger partial charge in [0.25, 0.3) is 10.0 Å². The summed E-state index contributed by atoms with van der Waals surface area (Å²) in [7, 11) is -0.287. The predicted molar refractivity (Wildman–Crippen MR) is 93.0 cm³/mol. The van der Waals surface area contributed by atoms with E-state index in [-0.39, 0.29) is 22.7 Å². The molecule has 0 radical (unpaired) electrons. The number of thiophene rings is 1. The average molecular weight is 359 g/mol. The van der Waals surface area contributed by atoms with Crippen LogP contribution in [0.5, 0.6) is 0 Å². The summed E-state index contributed by atoms with van der Waals surface area (Å²) in [5.41, 5.74) is 0. The summed E-state index contributed by atoms with van der Waals surface area (Å²) in [6.07, 6.45) is 8.06. The van der Waals surface area contributed by atoms with Gasteiger partial charge < -0.3 is 4.90 Å². The van der Waals surface area contributed by atoms with Crippen molar-refractivity contribution in [3.8, 4) is 0 Å². The molecule has 0 aliphatic heterocycles. The van der Waals surface area contributed by atoms with Gasteiger partial charge in [-0.15, -0.1) is 11.3 Å². The van der Waals surface area contributed by atoms with Gasteiger partial charge in [-0.25, -0.2) is 8.42 Å². The fourth-order valence-corrected chi connectivity index (χ4v) is 5.30. The highest BCUT2D eigenvalue weighted by Gasteiger charge is 2.27. The summed E-state index contributed by atoms with van der Waals surface area (Å²) in [4.78, 5) is 14.2. The smallest absolute Gasteiger partial charge is 0.252 e. The third-order valence-electron chi connectivity index (χ3n) is 4.53. The minimum atomic E-state index is -3.56. The number of likely N-dealkylation sites (N-methyl/N-ethyl adjacent to an activating group) is 2. The number of carbonyl (C=O) groups excluding carboxylic acids is 1. The molecule has 0 spiro atoms. The zero-order valence-corrected chi connectivity index (χ0v) is 15.5. The van der Waals surface area contributed by atoms with Gasteiger partial charge in [-0.3, -0.25) is 4.79 Å². The molecule has 0 aromatic carbocycles. The Morgan fingerprint density at radius 2 is 1.78 bits per heavy atom. The molecule has 1 heterocycles. The van der Waals surface area contributed by atoms with Gasteiger partial charge in [0, 0.05) is 20.1 Å². The highest BCUT2D eigenvalue weighted by molar-refractivity contribution is 7.91. The van der Waals surface area contributed by atoms with Crippen LogP contribution in [-0.2, 0) is 14.8 Å². The summed E-state index contributed by atoms with van der Waals surface area (Å²) in [6.45, 7) is -0.104. The van der Waals surface area contributed by atoms with Gasteiger partial charge in [-0.2, -0.15) is 4.31 Å². The summed E-state index contributed by atoms with van der Waals surface area (Å²) < 4.78 is 26.2. The van der Waals surface area contributed by atoms with E-state index in [2.05, 4.69) is 0 Å². The quantitative estimate of drug-likeness (QED) is 0.813. The molecule has 1 aromatic rings. The van der Waals surface area contributed by atoms with E-state index in [1.54, 1.807) is 29.5 Å². The molecule has 5 nitrogen and oxygen atoms in total. The van der Waals surface area contributed by atoms with E-state index in [9.17, 15) is 13.2 Å². The van der Waals surface area contributed by atoms with Crippen LogP contribution in [0.4, 0.5) is 0 Å². The number of nitrogens with zero attached hydrogens (tertiary/aromatic N) is 2. The lowest BCUT2D eigenvalue weighted by Crippen LogP contribution is -2.44. The van der Waals surface area contributed by atoms with Crippen LogP contribution in [0.1, 0.15) is 44.9 Å². The minimum absolute atomic E-state index is 0.104. The van der Waals surface area contributed by atoms with Crippen molar-refractivity contribution in [3.63, 3.8) is 0 Å². The van der Waals surface area contributed by atoms with E-state index in [1.165, 1.54) is 37.6 Å². The number of amides is 1. The number of rotatable bonds is 5. The monoisotopic (exact) mass is 358 g/mol. The molecule has 0 unspecified atom stereocenters. The molecule has 1 amide bonds. The predicted octanol–water partition coefficient (Wildman–Crippen LogP) is 2.94. The van der Waals surface area contributed by atoms with Gasteiger partial charge in [-0.1, -0.05) is 38.2 Å². The number of hydrogen-bond acceptors (Lipinski definition) is 4. The van der Waals surface area contributed by atoms with Gasteiger partial charge >= 0.3 is 0 Å². The lowest BCUT2D eigenvalue weighted by molar-refractivity contribution is -0.132. The normalized spacial score (nSPS) is 17.7. The van der Waals surface area contributed by atoms with E-state index in [0.29, 0.717) is 0 Å². The molecule has 1 saturated carbocycles. The third kappa shape index (κ3) is 4.78. The molecule has 1 aromatic heterocycles.